The zero-order valence-corrected chi connectivity index (χ0v) is 13.2. The molecule has 9 heteroatoms. The van der Waals surface area contributed by atoms with Crippen LogP contribution in [0.1, 0.15) is 20.8 Å². The van der Waals surface area contributed by atoms with Crippen molar-refractivity contribution in [3.05, 3.63) is 60.3 Å². The monoisotopic (exact) mass is 338 g/mol. The fourth-order valence-corrected chi connectivity index (χ4v) is 2.02. The van der Waals surface area contributed by atoms with Crippen molar-refractivity contribution in [2.75, 3.05) is 17.7 Å². The van der Waals surface area contributed by atoms with E-state index >= 15 is 0 Å². The molecule has 0 fully saturated rings. The van der Waals surface area contributed by atoms with Gasteiger partial charge in [0.1, 0.15) is 0 Å². The van der Waals surface area contributed by atoms with Crippen LogP contribution in [-0.4, -0.2) is 39.1 Å². The fourth-order valence-electron chi connectivity index (χ4n) is 2.02. The Labute approximate surface area is 142 Å². The van der Waals surface area contributed by atoms with E-state index < -0.39 is 11.8 Å². The Morgan fingerprint density at radius 3 is 2.68 bits per heavy atom. The molecule has 0 aliphatic rings. The standard InChI is InChI=1S/C16H14N6O3/c1-25-13-5-4-11(8-18-13)20-16(24)14-12(9-19-22-14)21-15(23)10-3-2-6-17-7-10/h2-9H,1H3,(H,19,22)(H,20,24)(H,21,23). The maximum Gasteiger partial charge on any atom is 0.278 e. The number of hydrogen-bond acceptors (Lipinski definition) is 6. The van der Waals surface area contributed by atoms with Gasteiger partial charge in [0.05, 0.1) is 30.2 Å². The molecule has 0 aliphatic carbocycles. The predicted octanol–water partition coefficient (Wildman–Crippen LogP) is 1.71. The highest BCUT2D eigenvalue weighted by Crippen LogP contribution is 2.16. The molecule has 3 aromatic heterocycles. The number of amides is 2. The summed E-state index contributed by atoms with van der Waals surface area (Å²) in [5, 5.41) is 11.7. The molecule has 0 spiro atoms. The molecule has 3 aromatic rings. The van der Waals surface area contributed by atoms with Crippen LogP contribution in [0.4, 0.5) is 11.4 Å². The Morgan fingerprint density at radius 2 is 2.00 bits per heavy atom. The van der Waals surface area contributed by atoms with Crippen molar-refractivity contribution in [1.82, 2.24) is 20.2 Å². The highest BCUT2D eigenvalue weighted by Gasteiger charge is 2.17. The number of pyridine rings is 2. The number of ether oxygens (including phenoxy) is 1. The molecule has 0 radical (unpaired) electrons. The van der Waals surface area contributed by atoms with Crippen LogP contribution < -0.4 is 15.4 Å². The highest BCUT2D eigenvalue weighted by molar-refractivity contribution is 6.11. The lowest BCUT2D eigenvalue weighted by molar-refractivity contribution is 0.102. The van der Waals surface area contributed by atoms with E-state index in [0.29, 0.717) is 17.1 Å². The molecule has 2 amide bonds. The number of aromatic nitrogens is 4. The van der Waals surface area contributed by atoms with Gasteiger partial charge in [0, 0.05) is 24.7 Å². The fraction of sp³-hybridized carbons (Fsp3) is 0.0625. The highest BCUT2D eigenvalue weighted by atomic mass is 16.5. The van der Waals surface area contributed by atoms with E-state index in [2.05, 4.69) is 30.8 Å². The van der Waals surface area contributed by atoms with E-state index in [1.807, 2.05) is 0 Å². The largest absolute Gasteiger partial charge is 0.481 e. The van der Waals surface area contributed by atoms with Gasteiger partial charge in [0.2, 0.25) is 5.88 Å². The summed E-state index contributed by atoms with van der Waals surface area (Å²) in [7, 11) is 1.50. The third-order valence-electron chi connectivity index (χ3n) is 3.23. The van der Waals surface area contributed by atoms with Gasteiger partial charge in [0.25, 0.3) is 11.8 Å². The molecule has 3 heterocycles. The molecule has 0 atom stereocenters. The van der Waals surface area contributed by atoms with Crippen molar-refractivity contribution in [3.63, 3.8) is 0 Å². The van der Waals surface area contributed by atoms with Crippen LogP contribution in [0.2, 0.25) is 0 Å². The molecular weight excluding hydrogens is 324 g/mol. The van der Waals surface area contributed by atoms with E-state index in [1.54, 1.807) is 30.5 Å². The number of carbonyl (C=O) groups excluding carboxylic acids is 2. The number of nitrogens with zero attached hydrogens (tertiary/aromatic N) is 3. The summed E-state index contributed by atoms with van der Waals surface area (Å²) in [6.45, 7) is 0. The Morgan fingerprint density at radius 1 is 1.12 bits per heavy atom. The van der Waals surface area contributed by atoms with E-state index in [0.717, 1.165) is 0 Å². The van der Waals surface area contributed by atoms with Gasteiger partial charge in [-0.2, -0.15) is 5.10 Å². The summed E-state index contributed by atoms with van der Waals surface area (Å²) in [6, 6.07) is 6.52. The normalized spacial score (nSPS) is 10.1. The zero-order chi connectivity index (χ0) is 17.6. The van der Waals surface area contributed by atoms with Crippen molar-refractivity contribution < 1.29 is 14.3 Å². The SMILES string of the molecule is COc1ccc(NC(=O)c2n[nH]cc2NC(=O)c2cccnc2)cn1. The number of aromatic amines is 1. The van der Waals surface area contributed by atoms with Gasteiger partial charge in [0.15, 0.2) is 5.69 Å². The van der Waals surface area contributed by atoms with Crippen molar-refractivity contribution in [2.24, 2.45) is 0 Å². The predicted molar refractivity (Wildman–Crippen MR) is 89.5 cm³/mol. The van der Waals surface area contributed by atoms with Crippen molar-refractivity contribution in [1.29, 1.82) is 0 Å². The number of H-pyrrole nitrogens is 1. The molecule has 25 heavy (non-hydrogen) atoms. The van der Waals surface area contributed by atoms with E-state index in [4.69, 9.17) is 4.74 Å². The molecule has 0 unspecified atom stereocenters. The Bertz CT molecular complexity index is 876. The number of anilines is 2. The first kappa shape index (κ1) is 16.1. The van der Waals surface area contributed by atoms with Crippen LogP contribution in [0.25, 0.3) is 0 Å². The first-order chi connectivity index (χ1) is 12.2. The van der Waals surface area contributed by atoms with Gasteiger partial charge in [-0.15, -0.1) is 0 Å². The van der Waals surface area contributed by atoms with Gasteiger partial charge in [-0.1, -0.05) is 0 Å². The first-order valence-corrected chi connectivity index (χ1v) is 7.24. The minimum absolute atomic E-state index is 0.0491. The average Bonchev–Trinajstić information content (AvgIpc) is 3.11. The third-order valence-corrected chi connectivity index (χ3v) is 3.23. The number of methoxy groups -OCH3 is 1. The third kappa shape index (κ3) is 3.78. The molecule has 9 nitrogen and oxygen atoms in total. The Kier molecular flexibility index (Phi) is 4.65. The Hall–Kier alpha value is -3.75. The second kappa shape index (κ2) is 7.21. The van der Waals surface area contributed by atoms with E-state index in [-0.39, 0.29) is 11.4 Å². The van der Waals surface area contributed by atoms with Crippen molar-refractivity contribution >= 4 is 23.2 Å². The van der Waals surface area contributed by atoms with Crippen molar-refractivity contribution in [3.8, 4) is 5.88 Å². The van der Waals surface area contributed by atoms with Gasteiger partial charge in [-0.05, 0) is 18.2 Å². The van der Waals surface area contributed by atoms with Crippen LogP contribution in [0.15, 0.2) is 49.1 Å². The topological polar surface area (TPSA) is 122 Å². The lowest BCUT2D eigenvalue weighted by Crippen LogP contribution is -2.18. The van der Waals surface area contributed by atoms with Gasteiger partial charge >= 0.3 is 0 Å². The molecule has 3 N–H and O–H groups in total. The molecule has 0 saturated carbocycles. The molecule has 0 bridgehead atoms. The van der Waals surface area contributed by atoms with Crippen LogP contribution in [-0.2, 0) is 0 Å². The minimum atomic E-state index is -0.491. The van der Waals surface area contributed by atoms with Crippen molar-refractivity contribution in [2.45, 2.75) is 0 Å². The summed E-state index contributed by atoms with van der Waals surface area (Å²) in [4.78, 5) is 32.4. The quantitative estimate of drug-likeness (QED) is 0.651. The van der Waals surface area contributed by atoms with Gasteiger partial charge in [-0.25, -0.2) is 4.98 Å². The lowest BCUT2D eigenvalue weighted by Gasteiger charge is -2.07. The maximum atomic E-state index is 12.4. The molecule has 0 saturated heterocycles. The summed E-state index contributed by atoms with van der Waals surface area (Å²) in [5.41, 5.74) is 1.15. The van der Waals surface area contributed by atoms with Gasteiger partial charge < -0.3 is 15.4 Å². The van der Waals surface area contributed by atoms with Crippen LogP contribution >= 0.6 is 0 Å². The summed E-state index contributed by atoms with van der Waals surface area (Å²) < 4.78 is 4.96. The lowest BCUT2D eigenvalue weighted by atomic mass is 10.2. The van der Waals surface area contributed by atoms with Crippen LogP contribution in [0.5, 0.6) is 5.88 Å². The summed E-state index contributed by atoms with van der Waals surface area (Å²) in [6.07, 6.45) is 5.88. The second-order valence-electron chi connectivity index (χ2n) is 4.89. The second-order valence-corrected chi connectivity index (χ2v) is 4.89. The summed E-state index contributed by atoms with van der Waals surface area (Å²) in [5.74, 6) is -0.452. The molecule has 0 aliphatic heterocycles. The zero-order valence-electron chi connectivity index (χ0n) is 13.2. The van der Waals surface area contributed by atoms with E-state index in [9.17, 15) is 9.59 Å². The number of carbonyl (C=O) groups is 2. The van der Waals surface area contributed by atoms with Crippen LogP contribution in [0, 0.1) is 0 Å². The van der Waals surface area contributed by atoms with Gasteiger partial charge in [-0.3, -0.25) is 19.7 Å². The number of nitrogens with one attached hydrogen (secondary N) is 3. The molecule has 0 aromatic carbocycles. The summed E-state index contributed by atoms with van der Waals surface area (Å²) >= 11 is 0. The molecule has 126 valence electrons. The number of rotatable bonds is 5. The Balaban J connectivity index is 1.72. The van der Waals surface area contributed by atoms with Crippen LogP contribution in [0.3, 0.4) is 0 Å². The maximum absolute atomic E-state index is 12.4. The minimum Gasteiger partial charge on any atom is -0.481 e. The molecule has 3 rings (SSSR count). The smallest absolute Gasteiger partial charge is 0.278 e. The number of hydrogen-bond donors (Lipinski definition) is 3. The average molecular weight is 338 g/mol. The van der Waals surface area contributed by atoms with E-state index in [1.165, 1.54) is 25.7 Å². The first-order valence-electron chi connectivity index (χ1n) is 7.24. The molecular formula is C16H14N6O3.